The molecule has 0 fully saturated rings. The molecular formula is C11H9N5O2S. The van der Waals surface area contributed by atoms with Crippen LogP contribution in [0.5, 0.6) is 0 Å². The lowest BCUT2D eigenvalue weighted by molar-refractivity contribution is -0.385. The summed E-state index contributed by atoms with van der Waals surface area (Å²) < 4.78 is 0. The third-order valence-corrected chi connectivity index (χ3v) is 3.20. The molecule has 2 aromatic rings. The molecule has 0 aromatic carbocycles. The largest absolute Gasteiger partial charge is 0.365 e. The number of thiazole rings is 1. The number of nitriles is 1. The van der Waals surface area contributed by atoms with Crippen LogP contribution in [0.15, 0.2) is 18.3 Å². The predicted octanol–water partition coefficient (Wildman–Crippen LogP) is 2.24. The Bertz CT molecular complexity index is 661. The van der Waals surface area contributed by atoms with Gasteiger partial charge in [0.1, 0.15) is 11.9 Å². The molecule has 0 radical (unpaired) electrons. The van der Waals surface area contributed by atoms with Crippen LogP contribution in [0.2, 0.25) is 0 Å². The van der Waals surface area contributed by atoms with E-state index < -0.39 is 4.92 Å². The number of hydrogen-bond donors (Lipinski definition) is 1. The van der Waals surface area contributed by atoms with E-state index >= 15 is 0 Å². The number of hydrogen-bond acceptors (Lipinski definition) is 7. The van der Waals surface area contributed by atoms with Crippen LogP contribution in [0.3, 0.4) is 0 Å². The summed E-state index contributed by atoms with van der Waals surface area (Å²) in [5, 5.41) is 23.5. The van der Waals surface area contributed by atoms with E-state index in [-0.39, 0.29) is 11.4 Å². The number of aryl methyl sites for hydroxylation is 1. The highest BCUT2D eigenvalue weighted by molar-refractivity contribution is 7.11. The molecule has 0 bridgehead atoms. The van der Waals surface area contributed by atoms with E-state index in [2.05, 4.69) is 15.3 Å². The molecule has 0 aliphatic heterocycles. The van der Waals surface area contributed by atoms with E-state index in [4.69, 9.17) is 5.26 Å². The van der Waals surface area contributed by atoms with Gasteiger partial charge in [-0.05, 0) is 13.0 Å². The summed E-state index contributed by atoms with van der Waals surface area (Å²) in [5.74, 6) is 0.424. The average Bonchev–Trinajstić information content (AvgIpc) is 2.81. The molecule has 0 saturated carbocycles. The lowest BCUT2D eigenvalue weighted by Crippen LogP contribution is -2.02. The second-order valence-electron chi connectivity index (χ2n) is 3.63. The van der Waals surface area contributed by atoms with E-state index in [9.17, 15) is 10.1 Å². The maximum absolute atomic E-state index is 10.7. The van der Waals surface area contributed by atoms with Crippen LogP contribution in [-0.2, 0) is 6.54 Å². The first-order chi connectivity index (χ1) is 9.10. The van der Waals surface area contributed by atoms with Gasteiger partial charge in [0, 0.05) is 17.1 Å². The van der Waals surface area contributed by atoms with E-state index in [1.807, 2.05) is 6.92 Å². The summed E-state index contributed by atoms with van der Waals surface area (Å²) in [6, 6.07) is 4.47. The molecule has 8 heteroatoms. The number of nitro groups is 1. The molecule has 2 heterocycles. The minimum Gasteiger partial charge on any atom is -0.365 e. The van der Waals surface area contributed by atoms with Crippen molar-refractivity contribution >= 4 is 22.8 Å². The van der Waals surface area contributed by atoms with Gasteiger partial charge in [0.05, 0.1) is 16.5 Å². The van der Waals surface area contributed by atoms with E-state index in [1.54, 1.807) is 23.6 Å². The third-order valence-electron chi connectivity index (χ3n) is 2.29. The highest BCUT2D eigenvalue weighted by atomic mass is 32.1. The van der Waals surface area contributed by atoms with Crippen molar-refractivity contribution in [3.05, 3.63) is 44.0 Å². The van der Waals surface area contributed by atoms with Crippen LogP contribution in [0.4, 0.5) is 11.5 Å². The van der Waals surface area contributed by atoms with Crippen LogP contribution >= 0.6 is 11.3 Å². The summed E-state index contributed by atoms with van der Waals surface area (Å²) in [4.78, 5) is 19.1. The summed E-state index contributed by atoms with van der Waals surface area (Å²) in [6.45, 7) is 2.42. The monoisotopic (exact) mass is 275 g/mol. The van der Waals surface area contributed by atoms with Gasteiger partial charge in [0.2, 0.25) is 5.69 Å². The molecule has 0 aliphatic rings. The van der Waals surface area contributed by atoms with Crippen molar-refractivity contribution in [1.29, 1.82) is 5.26 Å². The van der Waals surface area contributed by atoms with Crippen molar-refractivity contribution in [3.8, 4) is 6.07 Å². The van der Waals surface area contributed by atoms with Crippen LogP contribution < -0.4 is 5.32 Å². The van der Waals surface area contributed by atoms with Crippen molar-refractivity contribution in [3.63, 3.8) is 0 Å². The first-order valence-electron chi connectivity index (χ1n) is 5.31. The first kappa shape index (κ1) is 12.9. The molecule has 0 atom stereocenters. The number of rotatable bonds is 4. The van der Waals surface area contributed by atoms with Gasteiger partial charge in [-0.3, -0.25) is 10.1 Å². The van der Waals surface area contributed by atoms with Gasteiger partial charge in [-0.2, -0.15) is 5.26 Å². The summed E-state index contributed by atoms with van der Waals surface area (Å²) in [6.07, 6.45) is 1.75. The summed E-state index contributed by atoms with van der Waals surface area (Å²) in [5.41, 5.74) is -0.489. The molecule has 0 saturated heterocycles. The van der Waals surface area contributed by atoms with Gasteiger partial charge in [-0.1, -0.05) is 0 Å². The topological polar surface area (TPSA) is 105 Å². The normalized spacial score (nSPS) is 9.89. The first-order valence-corrected chi connectivity index (χ1v) is 6.12. The fourth-order valence-electron chi connectivity index (χ4n) is 1.44. The lowest BCUT2D eigenvalue weighted by Gasteiger charge is -2.03. The van der Waals surface area contributed by atoms with Gasteiger partial charge in [0.25, 0.3) is 0 Å². The van der Waals surface area contributed by atoms with Crippen LogP contribution in [0.1, 0.15) is 15.6 Å². The lowest BCUT2D eigenvalue weighted by atomic mass is 10.3. The highest BCUT2D eigenvalue weighted by Crippen LogP contribution is 2.19. The third kappa shape index (κ3) is 3.02. The number of nitrogens with zero attached hydrogens (tertiary/aromatic N) is 4. The summed E-state index contributed by atoms with van der Waals surface area (Å²) >= 11 is 1.55. The molecule has 1 N–H and O–H groups in total. The molecule has 96 valence electrons. The Labute approximate surface area is 112 Å². The van der Waals surface area contributed by atoms with Gasteiger partial charge < -0.3 is 5.32 Å². The van der Waals surface area contributed by atoms with E-state index in [0.717, 1.165) is 9.88 Å². The number of aromatic nitrogens is 2. The molecule has 0 spiro atoms. The molecule has 0 aliphatic carbocycles. The Morgan fingerprint density at radius 3 is 2.95 bits per heavy atom. The standard InChI is InChI=1S/C11H9N5O2S/c1-7-13-5-8(19-7)6-14-11-3-2-10(16(17)18)9(4-12)15-11/h2-3,5H,6H2,1H3,(H,14,15). The number of nitrogens with one attached hydrogen (secondary N) is 1. The van der Waals surface area contributed by atoms with Crippen molar-refractivity contribution in [2.75, 3.05) is 5.32 Å². The minimum atomic E-state index is -0.623. The molecular weight excluding hydrogens is 266 g/mol. The zero-order chi connectivity index (χ0) is 13.8. The van der Waals surface area contributed by atoms with Gasteiger partial charge >= 0.3 is 5.69 Å². The molecule has 2 aromatic heterocycles. The Kier molecular flexibility index (Phi) is 3.68. The minimum absolute atomic E-state index is 0.199. The van der Waals surface area contributed by atoms with Gasteiger partial charge in [-0.25, -0.2) is 9.97 Å². The highest BCUT2D eigenvalue weighted by Gasteiger charge is 2.15. The summed E-state index contributed by atoms with van der Waals surface area (Å²) in [7, 11) is 0. The van der Waals surface area contributed by atoms with Gasteiger partial charge in [0.15, 0.2) is 0 Å². The second-order valence-corrected chi connectivity index (χ2v) is 4.95. The quantitative estimate of drug-likeness (QED) is 0.677. The smallest absolute Gasteiger partial charge is 0.305 e. The van der Waals surface area contributed by atoms with Crippen molar-refractivity contribution in [2.45, 2.75) is 13.5 Å². The van der Waals surface area contributed by atoms with Crippen molar-refractivity contribution < 1.29 is 4.92 Å². The Hall–Kier alpha value is -2.53. The predicted molar refractivity (Wildman–Crippen MR) is 69.8 cm³/mol. The fourth-order valence-corrected chi connectivity index (χ4v) is 2.18. The van der Waals surface area contributed by atoms with Crippen molar-refractivity contribution in [2.24, 2.45) is 0 Å². The molecule has 2 rings (SSSR count). The maximum Gasteiger partial charge on any atom is 0.305 e. The second kappa shape index (κ2) is 5.41. The molecule has 0 amide bonds. The zero-order valence-corrected chi connectivity index (χ0v) is 10.8. The van der Waals surface area contributed by atoms with Crippen molar-refractivity contribution in [1.82, 2.24) is 9.97 Å². The fraction of sp³-hybridized carbons (Fsp3) is 0.182. The van der Waals surface area contributed by atoms with E-state index in [0.29, 0.717) is 12.4 Å². The maximum atomic E-state index is 10.7. The molecule has 7 nitrogen and oxygen atoms in total. The van der Waals surface area contributed by atoms with Gasteiger partial charge in [-0.15, -0.1) is 11.3 Å². The Balaban J connectivity index is 2.14. The molecule has 0 unspecified atom stereocenters. The van der Waals surface area contributed by atoms with E-state index in [1.165, 1.54) is 12.1 Å². The van der Waals surface area contributed by atoms with Crippen LogP contribution in [0.25, 0.3) is 0 Å². The number of pyridine rings is 1. The zero-order valence-electron chi connectivity index (χ0n) is 9.95. The average molecular weight is 275 g/mol. The Morgan fingerprint density at radius 2 is 2.37 bits per heavy atom. The Morgan fingerprint density at radius 1 is 1.58 bits per heavy atom. The van der Waals surface area contributed by atoms with Crippen LogP contribution in [-0.4, -0.2) is 14.9 Å². The van der Waals surface area contributed by atoms with Crippen LogP contribution in [0, 0.1) is 28.4 Å². The molecule has 19 heavy (non-hydrogen) atoms. The number of anilines is 1. The SMILES string of the molecule is Cc1ncc(CNc2ccc([N+](=O)[O-])c(C#N)n2)s1.